The van der Waals surface area contributed by atoms with Crippen LogP contribution in [0.2, 0.25) is 0 Å². The zero-order chi connectivity index (χ0) is 18.6. The molecule has 2 aromatic carbocycles. The number of amides is 2. The summed E-state index contributed by atoms with van der Waals surface area (Å²) in [6.07, 6.45) is 8.09. The molecular weight excluding hydrogens is 340 g/mol. The zero-order valence-electron chi connectivity index (χ0n) is 14.8. The summed E-state index contributed by atoms with van der Waals surface area (Å²) in [7, 11) is 0. The summed E-state index contributed by atoms with van der Waals surface area (Å²) < 4.78 is 5.81. The number of hydrogen-bond acceptors (Lipinski definition) is 4. The fraction of sp³-hybridized carbons (Fsp3) is 0.182. The van der Waals surface area contributed by atoms with Gasteiger partial charge in [0.05, 0.1) is 36.9 Å². The molecule has 2 amide bonds. The van der Waals surface area contributed by atoms with Crippen molar-refractivity contribution in [3.63, 3.8) is 0 Å². The quantitative estimate of drug-likeness (QED) is 0.586. The molecule has 0 saturated heterocycles. The number of imide groups is 1. The molecule has 0 radical (unpaired) electrons. The third kappa shape index (κ3) is 3.41. The molecule has 0 spiro atoms. The predicted octanol–water partition coefficient (Wildman–Crippen LogP) is 3.26. The number of anilines is 1. The average Bonchev–Trinajstić information content (AvgIpc) is 2.97. The summed E-state index contributed by atoms with van der Waals surface area (Å²) in [6, 6.07) is 17.1. The van der Waals surface area contributed by atoms with Gasteiger partial charge in [0.2, 0.25) is 0 Å². The Balaban J connectivity index is 1.33. The maximum absolute atomic E-state index is 12.4. The van der Waals surface area contributed by atoms with Crippen molar-refractivity contribution in [2.24, 2.45) is 0 Å². The van der Waals surface area contributed by atoms with Crippen LogP contribution in [0.4, 0.5) is 5.69 Å². The summed E-state index contributed by atoms with van der Waals surface area (Å²) in [5, 5.41) is 0. The highest BCUT2D eigenvalue weighted by atomic mass is 16.5. The van der Waals surface area contributed by atoms with Gasteiger partial charge in [0.25, 0.3) is 11.8 Å². The van der Waals surface area contributed by atoms with Crippen molar-refractivity contribution >= 4 is 17.5 Å². The van der Waals surface area contributed by atoms with Gasteiger partial charge < -0.3 is 9.64 Å². The second-order valence-corrected chi connectivity index (χ2v) is 6.42. The standard InChI is InChI=1S/C22H20N2O3/c25-21-19-11-4-5-12-20(19)22(26)24(21)14-15-27-16-18-10-6-7-13-23(18)17-8-2-1-3-9-17/h1-13,18H,14-16H2/t18-/m0/s1. The molecule has 0 unspecified atom stereocenters. The molecule has 4 rings (SSSR count). The minimum absolute atomic E-state index is 0.0691. The van der Waals surface area contributed by atoms with Gasteiger partial charge >= 0.3 is 0 Å². The number of ether oxygens (including phenoxy) is 1. The van der Waals surface area contributed by atoms with E-state index >= 15 is 0 Å². The molecule has 27 heavy (non-hydrogen) atoms. The van der Waals surface area contributed by atoms with Crippen LogP contribution in [0.25, 0.3) is 0 Å². The van der Waals surface area contributed by atoms with Crippen molar-refractivity contribution in [1.29, 1.82) is 0 Å². The van der Waals surface area contributed by atoms with E-state index < -0.39 is 0 Å². The highest BCUT2D eigenvalue weighted by Crippen LogP contribution is 2.23. The van der Waals surface area contributed by atoms with Crippen molar-refractivity contribution in [1.82, 2.24) is 4.90 Å². The topological polar surface area (TPSA) is 49.9 Å². The van der Waals surface area contributed by atoms with E-state index in [0.717, 1.165) is 5.69 Å². The third-order valence-corrected chi connectivity index (χ3v) is 4.73. The molecule has 0 aliphatic carbocycles. The van der Waals surface area contributed by atoms with E-state index in [2.05, 4.69) is 23.1 Å². The van der Waals surface area contributed by atoms with Crippen LogP contribution in [0.1, 0.15) is 20.7 Å². The number of allylic oxidation sites excluding steroid dienone is 2. The highest BCUT2D eigenvalue weighted by Gasteiger charge is 2.34. The van der Waals surface area contributed by atoms with Crippen molar-refractivity contribution in [3.8, 4) is 0 Å². The van der Waals surface area contributed by atoms with E-state index in [1.54, 1.807) is 24.3 Å². The zero-order valence-corrected chi connectivity index (χ0v) is 14.8. The summed E-state index contributed by atoms with van der Waals surface area (Å²) in [5.74, 6) is -0.490. The van der Waals surface area contributed by atoms with Gasteiger partial charge in [0.1, 0.15) is 0 Å². The number of carbonyl (C=O) groups is 2. The van der Waals surface area contributed by atoms with E-state index in [-0.39, 0.29) is 24.4 Å². The second kappa shape index (κ2) is 7.60. The van der Waals surface area contributed by atoms with E-state index in [1.807, 2.05) is 36.6 Å². The lowest BCUT2D eigenvalue weighted by Crippen LogP contribution is -2.37. The van der Waals surface area contributed by atoms with Crippen molar-refractivity contribution in [2.45, 2.75) is 6.04 Å². The fourth-order valence-electron chi connectivity index (χ4n) is 3.35. The van der Waals surface area contributed by atoms with E-state index in [0.29, 0.717) is 24.3 Å². The smallest absolute Gasteiger partial charge is 0.261 e. The van der Waals surface area contributed by atoms with E-state index in [9.17, 15) is 9.59 Å². The molecule has 2 heterocycles. The monoisotopic (exact) mass is 360 g/mol. The van der Waals surface area contributed by atoms with Gasteiger partial charge in [-0.15, -0.1) is 0 Å². The molecular formula is C22H20N2O3. The van der Waals surface area contributed by atoms with Crippen LogP contribution < -0.4 is 4.90 Å². The second-order valence-electron chi connectivity index (χ2n) is 6.42. The largest absolute Gasteiger partial charge is 0.377 e. The molecule has 0 aromatic heterocycles. The molecule has 5 nitrogen and oxygen atoms in total. The van der Waals surface area contributed by atoms with Gasteiger partial charge in [0.15, 0.2) is 0 Å². The predicted molar refractivity (Wildman–Crippen MR) is 104 cm³/mol. The summed E-state index contributed by atoms with van der Waals surface area (Å²) in [4.78, 5) is 28.1. The number of hydrogen-bond donors (Lipinski definition) is 0. The maximum Gasteiger partial charge on any atom is 0.261 e. The Morgan fingerprint density at radius 3 is 2.22 bits per heavy atom. The summed E-state index contributed by atoms with van der Waals surface area (Å²) in [5.41, 5.74) is 2.03. The average molecular weight is 360 g/mol. The Morgan fingerprint density at radius 1 is 0.852 bits per heavy atom. The van der Waals surface area contributed by atoms with Crippen molar-refractivity contribution in [3.05, 3.63) is 90.2 Å². The minimum atomic E-state index is -0.245. The van der Waals surface area contributed by atoms with Gasteiger partial charge in [-0.05, 0) is 30.3 Å². The van der Waals surface area contributed by atoms with Crippen LogP contribution in [0.15, 0.2) is 79.0 Å². The first-order chi connectivity index (χ1) is 13.3. The molecule has 2 aliphatic rings. The Hall–Kier alpha value is -3.18. The molecule has 5 heteroatoms. The van der Waals surface area contributed by atoms with Crippen LogP contribution in [-0.2, 0) is 4.74 Å². The minimum Gasteiger partial charge on any atom is -0.377 e. The molecule has 0 N–H and O–H groups in total. The van der Waals surface area contributed by atoms with Gasteiger partial charge in [-0.1, -0.05) is 42.5 Å². The van der Waals surface area contributed by atoms with Crippen LogP contribution >= 0.6 is 0 Å². The van der Waals surface area contributed by atoms with E-state index in [1.165, 1.54) is 4.90 Å². The first-order valence-electron chi connectivity index (χ1n) is 8.97. The molecule has 0 fully saturated rings. The van der Waals surface area contributed by atoms with E-state index in [4.69, 9.17) is 4.74 Å². The normalized spacial score (nSPS) is 18.3. The van der Waals surface area contributed by atoms with Crippen molar-refractivity contribution in [2.75, 3.05) is 24.7 Å². The number of nitrogens with zero attached hydrogens (tertiary/aromatic N) is 2. The Morgan fingerprint density at radius 2 is 1.52 bits per heavy atom. The molecule has 1 atom stereocenters. The van der Waals surface area contributed by atoms with Crippen molar-refractivity contribution < 1.29 is 14.3 Å². The van der Waals surface area contributed by atoms with Crippen LogP contribution in [0.3, 0.4) is 0 Å². The van der Waals surface area contributed by atoms with Crippen LogP contribution in [0.5, 0.6) is 0 Å². The number of para-hydroxylation sites is 1. The lowest BCUT2D eigenvalue weighted by atomic mass is 10.1. The maximum atomic E-state index is 12.4. The highest BCUT2D eigenvalue weighted by molar-refractivity contribution is 6.21. The summed E-state index contributed by atoms with van der Waals surface area (Å²) in [6.45, 7) is 1.03. The first-order valence-corrected chi connectivity index (χ1v) is 8.97. The summed E-state index contributed by atoms with van der Waals surface area (Å²) >= 11 is 0. The molecule has 0 bridgehead atoms. The Kier molecular flexibility index (Phi) is 4.85. The van der Waals surface area contributed by atoms with Gasteiger partial charge in [0, 0.05) is 11.9 Å². The third-order valence-electron chi connectivity index (χ3n) is 4.73. The lowest BCUT2D eigenvalue weighted by molar-refractivity contribution is 0.0559. The number of benzene rings is 2. The number of rotatable bonds is 6. The van der Waals surface area contributed by atoms with Gasteiger partial charge in [-0.3, -0.25) is 14.5 Å². The number of fused-ring (bicyclic) bond motifs is 1. The molecule has 136 valence electrons. The van der Waals surface area contributed by atoms with Crippen LogP contribution in [0, 0.1) is 0 Å². The first kappa shape index (κ1) is 17.2. The fourth-order valence-corrected chi connectivity index (χ4v) is 3.35. The van der Waals surface area contributed by atoms with Crippen LogP contribution in [-0.4, -0.2) is 42.5 Å². The Bertz CT molecular complexity index is 870. The SMILES string of the molecule is O=C1c2ccccc2C(=O)N1CCOC[C@@H]1C=CC=CN1c1ccccc1. The molecule has 2 aliphatic heterocycles. The lowest BCUT2D eigenvalue weighted by Gasteiger charge is -2.30. The number of carbonyl (C=O) groups excluding carboxylic acids is 2. The Labute approximate surface area is 158 Å². The van der Waals surface area contributed by atoms with Gasteiger partial charge in [-0.25, -0.2) is 0 Å². The van der Waals surface area contributed by atoms with Gasteiger partial charge in [-0.2, -0.15) is 0 Å². The molecule has 0 saturated carbocycles. The molecule has 2 aromatic rings.